The van der Waals surface area contributed by atoms with Crippen molar-refractivity contribution in [3.05, 3.63) is 12.7 Å². The molecule has 2 amide bonds. The van der Waals surface area contributed by atoms with Crippen LogP contribution < -0.4 is 5.32 Å². The van der Waals surface area contributed by atoms with E-state index in [1.54, 1.807) is 0 Å². The van der Waals surface area contributed by atoms with Gasteiger partial charge in [0.05, 0.1) is 6.10 Å². The molecule has 28 heavy (non-hydrogen) atoms. The van der Waals surface area contributed by atoms with E-state index in [0.717, 1.165) is 49.8 Å². The Kier molecular flexibility index (Phi) is 8.76. The van der Waals surface area contributed by atoms with Crippen LogP contribution in [0.3, 0.4) is 0 Å². The van der Waals surface area contributed by atoms with Crippen LogP contribution >= 0.6 is 0 Å². The SMILES string of the molecule is C=CCCCCC[C@H](NC(=O)OC1CCCC1)C(=O)N1C[C@H](O)C[C@H]1C(=O)O. The largest absolute Gasteiger partial charge is 0.480 e. The van der Waals surface area contributed by atoms with E-state index in [4.69, 9.17) is 4.74 Å². The van der Waals surface area contributed by atoms with Gasteiger partial charge in [-0.3, -0.25) is 4.79 Å². The van der Waals surface area contributed by atoms with Crippen molar-refractivity contribution < 1.29 is 29.3 Å². The number of nitrogens with zero attached hydrogens (tertiary/aromatic N) is 1. The molecule has 0 bridgehead atoms. The smallest absolute Gasteiger partial charge is 0.408 e. The molecule has 0 radical (unpaired) electrons. The summed E-state index contributed by atoms with van der Waals surface area (Å²) in [6, 6.07) is -1.93. The number of ether oxygens (including phenoxy) is 1. The number of unbranched alkanes of at least 4 members (excludes halogenated alkanes) is 3. The van der Waals surface area contributed by atoms with Gasteiger partial charge in [0.25, 0.3) is 0 Å². The van der Waals surface area contributed by atoms with Gasteiger partial charge in [-0.05, 0) is 44.9 Å². The van der Waals surface area contributed by atoms with Crippen LogP contribution in [-0.2, 0) is 14.3 Å². The fourth-order valence-corrected chi connectivity index (χ4v) is 3.90. The van der Waals surface area contributed by atoms with Crippen molar-refractivity contribution in [1.29, 1.82) is 0 Å². The lowest BCUT2D eigenvalue weighted by atomic mass is 10.1. The monoisotopic (exact) mass is 396 g/mol. The number of hydrogen-bond acceptors (Lipinski definition) is 5. The Morgan fingerprint density at radius 1 is 1.21 bits per heavy atom. The minimum Gasteiger partial charge on any atom is -0.480 e. The number of carbonyl (C=O) groups is 3. The Bertz CT molecular complexity index is 561. The zero-order valence-electron chi connectivity index (χ0n) is 16.3. The third-order valence-electron chi connectivity index (χ3n) is 5.41. The Balaban J connectivity index is 1.98. The van der Waals surface area contributed by atoms with Gasteiger partial charge in [-0.1, -0.05) is 18.9 Å². The molecule has 0 aromatic rings. The fourth-order valence-electron chi connectivity index (χ4n) is 3.90. The molecule has 2 rings (SSSR count). The van der Waals surface area contributed by atoms with E-state index in [1.807, 2.05) is 6.08 Å². The highest BCUT2D eigenvalue weighted by molar-refractivity contribution is 5.89. The van der Waals surface area contributed by atoms with Crippen molar-refractivity contribution in [2.75, 3.05) is 6.54 Å². The number of amides is 2. The van der Waals surface area contributed by atoms with E-state index in [9.17, 15) is 24.6 Å². The zero-order valence-corrected chi connectivity index (χ0v) is 16.3. The number of aliphatic hydroxyl groups excluding tert-OH is 1. The number of nitrogens with one attached hydrogen (secondary N) is 1. The van der Waals surface area contributed by atoms with Gasteiger partial charge in [0.1, 0.15) is 18.2 Å². The third-order valence-corrected chi connectivity index (χ3v) is 5.41. The molecule has 8 nitrogen and oxygen atoms in total. The number of carbonyl (C=O) groups excluding carboxylic acids is 2. The quantitative estimate of drug-likeness (QED) is 0.385. The molecule has 3 N–H and O–H groups in total. The van der Waals surface area contributed by atoms with Gasteiger partial charge in [-0.15, -0.1) is 6.58 Å². The van der Waals surface area contributed by atoms with Gasteiger partial charge in [0.15, 0.2) is 0 Å². The molecule has 1 aliphatic carbocycles. The Morgan fingerprint density at radius 2 is 1.93 bits per heavy atom. The van der Waals surface area contributed by atoms with Crippen molar-refractivity contribution in [3.63, 3.8) is 0 Å². The van der Waals surface area contributed by atoms with Crippen LogP contribution in [0.4, 0.5) is 4.79 Å². The first kappa shape index (κ1) is 22.2. The maximum Gasteiger partial charge on any atom is 0.408 e. The number of likely N-dealkylation sites (tertiary alicyclic amines) is 1. The van der Waals surface area contributed by atoms with Crippen molar-refractivity contribution in [3.8, 4) is 0 Å². The van der Waals surface area contributed by atoms with Crippen molar-refractivity contribution in [2.24, 2.45) is 0 Å². The lowest BCUT2D eigenvalue weighted by Gasteiger charge is -2.27. The summed E-state index contributed by atoms with van der Waals surface area (Å²) in [4.78, 5) is 37.8. The molecule has 158 valence electrons. The maximum atomic E-state index is 13.0. The first-order valence-corrected chi connectivity index (χ1v) is 10.2. The number of rotatable bonds is 10. The molecule has 1 saturated carbocycles. The van der Waals surface area contributed by atoms with Crippen LogP contribution in [0.5, 0.6) is 0 Å². The van der Waals surface area contributed by atoms with E-state index < -0.39 is 36.2 Å². The number of carboxylic acids is 1. The normalized spacial score (nSPS) is 23.4. The van der Waals surface area contributed by atoms with Crippen LogP contribution in [0.1, 0.15) is 64.2 Å². The summed E-state index contributed by atoms with van der Waals surface area (Å²) in [6.45, 7) is 3.64. The lowest BCUT2D eigenvalue weighted by Crippen LogP contribution is -2.52. The Hall–Kier alpha value is -2.09. The van der Waals surface area contributed by atoms with Crippen LogP contribution in [0.15, 0.2) is 12.7 Å². The number of aliphatic carboxylic acids is 1. The third kappa shape index (κ3) is 6.51. The molecule has 0 unspecified atom stereocenters. The van der Waals surface area contributed by atoms with E-state index in [2.05, 4.69) is 11.9 Å². The van der Waals surface area contributed by atoms with Crippen LogP contribution in [0, 0.1) is 0 Å². The average Bonchev–Trinajstić information content (AvgIpc) is 3.29. The van der Waals surface area contributed by atoms with Crippen molar-refractivity contribution in [1.82, 2.24) is 10.2 Å². The van der Waals surface area contributed by atoms with Gasteiger partial charge in [0, 0.05) is 13.0 Å². The van der Waals surface area contributed by atoms with Crippen molar-refractivity contribution in [2.45, 2.75) is 88.5 Å². The number of aliphatic hydroxyl groups is 1. The molecule has 1 saturated heterocycles. The summed E-state index contributed by atoms with van der Waals surface area (Å²) < 4.78 is 5.40. The van der Waals surface area contributed by atoms with Crippen LogP contribution in [0.25, 0.3) is 0 Å². The van der Waals surface area contributed by atoms with Crippen LogP contribution in [-0.4, -0.2) is 63.9 Å². The molecule has 2 aliphatic rings. The number of hydrogen-bond donors (Lipinski definition) is 3. The molecule has 0 aromatic heterocycles. The minimum atomic E-state index is -1.15. The standard InChI is InChI=1S/C20H32N2O6/c1-2-3-4-5-6-11-16(21-20(27)28-15-9-7-8-10-15)18(24)22-13-14(23)12-17(22)19(25)26/h2,14-17,23H,1,3-13H2,(H,21,27)(H,25,26)/t14-,16+,17+/m1/s1. The van der Waals surface area contributed by atoms with E-state index in [-0.39, 0.29) is 19.1 Å². The van der Waals surface area contributed by atoms with E-state index >= 15 is 0 Å². The summed E-state index contributed by atoms with van der Waals surface area (Å²) in [5.74, 6) is -1.63. The van der Waals surface area contributed by atoms with Gasteiger partial charge in [-0.2, -0.15) is 0 Å². The van der Waals surface area contributed by atoms with Gasteiger partial charge in [0.2, 0.25) is 5.91 Å². The highest BCUT2D eigenvalue weighted by Gasteiger charge is 2.41. The fraction of sp³-hybridized carbons (Fsp3) is 0.750. The van der Waals surface area contributed by atoms with Crippen LogP contribution in [0.2, 0.25) is 0 Å². The molecule has 1 heterocycles. The predicted molar refractivity (Wildman–Crippen MR) is 103 cm³/mol. The number of alkyl carbamates (subject to hydrolysis) is 1. The van der Waals surface area contributed by atoms with E-state index in [0.29, 0.717) is 12.8 Å². The average molecular weight is 396 g/mol. The molecule has 0 aromatic carbocycles. The topological polar surface area (TPSA) is 116 Å². The van der Waals surface area contributed by atoms with Crippen molar-refractivity contribution >= 4 is 18.0 Å². The highest BCUT2D eigenvalue weighted by Crippen LogP contribution is 2.22. The second-order valence-corrected chi connectivity index (χ2v) is 7.67. The zero-order chi connectivity index (χ0) is 20.5. The summed E-state index contributed by atoms with van der Waals surface area (Å²) in [5.41, 5.74) is 0. The molecule has 2 fully saturated rings. The first-order valence-electron chi connectivity index (χ1n) is 10.2. The first-order chi connectivity index (χ1) is 13.4. The number of carboxylic acid groups (broad SMARTS) is 1. The second kappa shape index (κ2) is 11.0. The second-order valence-electron chi connectivity index (χ2n) is 7.67. The Morgan fingerprint density at radius 3 is 2.57 bits per heavy atom. The minimum absolute atomic E-state index is 0.000349. The lowest BCUT2D eigenvalue weighted by molar-refractivity contribution is -0.149. The van der Waals surface area contributed by atoms with Gasteiger partial charge < -0.3 is 25.2 Å². The summed E-state index contributed by atoms with van der Waals surface area (Å²) in [5, 5.41) is 21.8. The number of allylic oxidation sites excluding steroid dienone is 1. The summed E-state index contributed by atoms with van der Waals surface area (Å²) >= 11 is 0. The molecular weight excluding hydrogens is 364 g/mol. The molecular formula is C20H32N2O6. The van der Waals surface area contributed by atoms with Gasteiger partial charge >= 0.3 is 12.1 Å². The molecule has 8 heteroatoms. The maximum absolute atomic E-state index is 13.0. The summed E-state index contributed by atoms with van der Waals surface area (Å²) in [7, 11) is 0. The molecule has 3 atom stereocenters. The molecule has 1 aliphatic heterocycles. The predicted octanol–water partition coefficient (Wildman–Crippen LogP) is 2.21. The van der Waals surface area contributed by atoms with Gasteiger partial charge in [-0.25, -0.2) is 9.59 Å². The highest BCUT2D eigenvalue weighted by atomic mass is 16.6. The number of β-amino-alcohol motifs (C(OH)–C–C–N with tert-alkyl or cyclic N) is 1. The molecule has 0 spiro atoms. The van der Waals surface area contributed by atoms with E-state index in [1.165, 1.54) is 0 Å². The summed E-state index contributed by atoms with van der Waals surface area (Å²) in [6.07, 6.45) is 7.71. The Labute approximate surface area is 165 Å².